The number of primary amides is 1. The molecule has 1 rings (SSSR count). The minimum absolute atomic E-state index is 0.240. The predicted molar refractivity (Wildman–Crippen MR) is 47.7 cm³/mol. The number of rotatable bonds is 2. The first-order chi connectivity index (χ1) is 5.59. The average Bonchev–Trinajstić information content (AvgIpc) is 1.96. The third-order valence-corrected chi connectivity index (χ3v) is 2.25. The van der Waals surface area contributed by atoms with E-state index in [0.29, 0.717) is 18.6 Å². The predicted octanol–water partition coefficient (Wildman–Crippen LogP) is -0.846. The summed E-state index contributed by atoms with van der Waals surface area (Å²) in [4.78, 5) is 12.8. The fraction of sp³-hybridized carbons (Fsp3) is 0.875. The minimum Gasteiger partial charge on any atom is -0.369 e. The highest BCUT2D eigenvalue weighted by atomic mass is 16.1. The summed E-state index contributed by atoms with van der Waals surface area (Å²) in [6.45, 7) is 6.44. The van der Waals surface area contributed by atoms with Gasteiger partial charge in [-0.15, -0.1) is 0 Å². The summed E-state index contributed by atoms with van der Waals surface area (Å²) in [6, 6.07) is 0.870. The van der Waals surface area contributed by atoms with Crippen LogP contribution >= 0.6 is 0 Å². The number of nitrogens with two attached hydrogens (primary N) is 1. The van der Waals surface area contributed by atoms with Gasteiger partial charge in [0.15, 0.2) is 0 Å². The summed E-state index contributed by atoms with van der Waals surface area (Å²) in [5.41, 5.74) is 5.13. The molecule has 0 aromatic rings. The number of amides is 1. The van der Waals surface area contributed by atoms with Gasteiger partial charge in [-0.05, 0) is 13.8 Å². The number of hydrogen-bond donors (Lipinski definition) is 2. The van der Waals surface area contributed by atoms with Crippen molar-refractivity contribution in [2.75, 3.05) is 19.6 Å². The summed E-state index contributed by atoms with van der Waals surface area (Å²) in [5, 5.41) is 3.34. The second kappa shape index (κ2) is 3.87. The van der Waals surface area contributed by atoms with Crippen LogP contribution in [0.2, 0.25) is 0 Å². The van der Waals surface area contributed by atoms with E-state index >= 15 is 0 Å². The van der Waals surface area contributed by atoms with Crippen LogP contribution in [-0.4, -0.2) is 42.5 Å². The van der Waals surface area contributed by atoms with Crippen LogP contribution < -0.4 is 11.1 Å². The van der Waals surface area contributed by atoms with Crippen molar-refractivity contribution >= 4 is 5.91 Å². The Morgan fingerprint density at radius 1 is 1.67 bits per heavy atom. The lowest BCUT2D eigenvalue weighted by atomic mass is 10.1. The van der Waals surface area contributed by atoms with E-state index in [9.17, 15) is 4.79 Å². The quantitative estimate of drug-likeness (QED) is 0.569. The molecular formula is C8H17N3O. The lowest BCUT2D eigenvalue weighted by Crippen LogP contribution is -2.56. The van der Waals surface area contributed by atoms with Gasteiger partial charge in [-0.2, -0.15) is 0 Å². The van der Waals surface area contributed by atoms with Gasteiger partial charge in [0.1, 0.15) is 0 Å². The van der Waals surface area contributed by atoms with Crippen LogP contribution in [0.15, 0.2) is 0 Å². The zero-order valence-electron chi connectivity index (χ0n) is 7.71. The molecule has 4 nitrogen and oxygen atoms in total. The zero-order valence-corrected chi connectivity index (χ0v) is 7.71. The Hall–Kier alpha value is -0.610. The Labute approximate surface area is 73.1 Å². The van der Waals surface area contributed by atoms with E-state index in [-0.39, 0.29) is 5.91 Å². The summed E-state index contributed by atoms with van der Waals surface area (Å²) in [6.07, 6.45) is 0. The smallest absolute Gasteiger partial charge is 0.231 e. The van der Waals surface area contributed by atoms with Crippen LogP contribution in [0, 0.1) is 0 Å². The number of nitrogens with zero attached hydrogens (tertiary/aromatic N) is 1. The topological polar surface area (TPSA) is 58.4 Å². The van der Waals surface area contributed by atoms with Crippen molar-refractivity contribution in [3.8, 4) is 0 Å². The number of carbonyl (C=O) groups is 1. The van der Waals surface area contributed by atoms with Crippen molar-refractivity contribution in [2.45, 2.75) is 25.9 Å². The second-order valence-electron chi connectivity index (χ2n) is 3.55. The average molecular weight is 171 g/mol. The molecule has 0 bridgehead atoms. The fourth-order valence-electron chi connectivity index (χ4n) is 1.52. The molecule has 0 aliphatic carbocycles. The molecule has 2 atom stereocenters. The Kier molecular flexibility index (Phi) is 3.05. The normalized spacial score (nSPS) is 31.8. The molecule has 1 amide bonds. The van der Waals surface area contributed by atoms with E-state index in [1.807, 2.05) is 0 Å². The highest BCUT2D eigenvalue weighted by Gasteiger charge is 2.22. The van der Waals surface area contributed by atoms with E-state index in [1.165, 1.54) is 0 Å². The van der Waals surface area contributed by atoms with Crippen LogP contribution in [0.1, 0.15) is 13.8 Å². The first-order valence-electron chi connectivity index (χ1n) is 4.35. The minimum atomic E-state index is -0.240. The third-order valence-electron chi connectivity index (χ3n) is 2.25. The molecule has 2 unspecified atom stereocenters. The van der Waals surface area contributed by atoms with E-state index in [2.05, 4.69) is 24.1 Å². The molecule has 3 N–H and O–H groups in total. The molecule has 0 aromatic heterocycles. The van der Waals surface area contributed by atoms with Gasteiger partial charge in [0, 0.05) is 25.2 Å². The standard InChI is InChI=1S/C8H17N3O/c1-6-4-11(5-8(9)12)7(2)3-10-6/h6-7,10H,3-5H2,1-2H3,(H2,9,12). The maximum atomic E-state index is 10.7. The Bertz CT molecular complexity index is 172. The van der Waals surface area contributed by atoms with Gasteiger partial charge in [0.2, 0.25) is 5.91 Å². The van der Waals surface area contributed by atoms with Gasteiger partial charge < -0.3 is 11.1 Å². The summed E-state index contributed by atoms with van der Waals surface area (Å²) in [7, 11) is 0. The maximum Gasteiger partial charge on any atom is 0.231 e. The fourth-order valence-corrected chi connectivity index (χ4v) is 1.52. The lowest BCUT2D eigenvalue weighted by Gasteiger charge is -2.36. The van der Waals surface area contributed by atoms with Gasteiger partial charge in [-0.3, -0.25) is 9.69 Å². The molecular weight excluding hydrogens is 154 g/mol. The van der Waals surface area contributed by atoms with Gasteiger partial charge >= 0.3 is 0 Å². The summed E-state index contributed by atoms with van der Waals surface area (Å²) in [5.74, 6) is -0.240. The molecule has 1 aliphatic rings. The zero-order chi connectivity index (χ0) is 9.14. The molecule has 0 aromatic carbocycles. The molecule has 12 heavy (non-hydrogen) atoms. The SMILES string of the molecule is CC1CN(CC(N)=O)C(C)CN1. The highest BCUT2D eigenvalue weighted by Crippen LogP contribution is 2.04. The third kappa shape index (κ3) is 2.46. The molecule has 0 saturated carbocycles. The molecule has 0 radical (unpaired) electrons. The lowest BCUT2D eigenvalue weighted by molar-refractivity contribution is -0.120. The van der Waals surface area contributed by atoms with E-state index < -0.39 is 0 Å². The van der Waals surface area contributed by atoms with Gasteiger partial charge in [0.25, 0.3) is 0 Å². The first-order valence-corrected chi connectivity index (χ1v) is 4.35. The Balaban J connectivity index is 2.43. The Morgan fingerprint density at radius 2 is 2.33 bits per heavy atom. The van der Waals surface area contributed by atoms with Crippen molar-refractivity contribution in [1.29, 1.82) is 0 Å². The maximum absolute atomic E-state index is 10.7. The molecule has 1 heterocycles. The summed E-state index contributed by atoms with van der Waals surface area (Å²) >= 11 is 0. The molecule has 70 valence electrons. The van der Waals surface area contributed by atoms with Crippen molar-refractivity contribution in [2.24, 2.45) is 5.73 Å². The van der Waals surface area contributed by atoms with E-state index in [4.69, 9.17) is 5.73 Å². The largest absolute Gasteiger partial charge is 0.369 e. The molecule has 1 fully saturated rings. The van der Waals surface area contributed by atoms with Gasteiger partial charge in [-0.1, -0.05) is 0 Å². The molecule has 1 saturated heterocycles. The Morgan fingerprint density at radius 3 is 2.92 bits per heavy atom. The van der Waals surface area contributed by atoms with Gasteiger partial charge in [0.05, 0.1) is 6.54 Å². The van der Waals surface area contributed by atoms with E-state index in [0.717, 1.165) is 13.1 Å². The number of carbonyl (C=O) groups excluding carboxylic acids is 1. The summed E-state index contributed by atoms with van der Waals surface area (Å²) < 4.78 is 0. The van der Waals surface area contributed by atoms with Crippen molar-refractivity contribution in [3.63, 3.8) is 0 Å². The highest BCUT2D eigenvalue weighted by molar-refractivity contribution is 5.75. The number of hydrogen-bond acceptors (Lipinski definition) is 3. The van der Waals surface area contributed by atoms with Crippen LogP contribution in [0.25, 0.3) is 0 Å². The molecule has 0 spiro atoms. The molecule has 4 heteroatoms. The van der Waals surface area contributed by atoms with Crippen LogP contribution in [0.3, 0.4) is 0 Å². The van der Waals surface area contributed by atoms with Gasteiger partial charge in [-0.25, -0.2) is 0 Å². The van der Waals surface area contributed by atoms with Crippen LogP contribution in [0.4, 0.5) is 0 Å². The van der Waals surface area contributed by atoms with Crippen molar-refractivity contribution < 1.29 is 4.79 Å². The second-order valence-corrected chi connectivity index (χ2v) is 3.55. The number of nitrogens with one attached hydrogen (secondary N) is 1. The van der Waals surface area contributed by atoms with Crippen LogP contribution in [-0.2, 0) is 4.79 Å². The first kappa shape index (κ1) is 9.48. The number of piperazine rings is 1. The van der Waals surface area contributed by atoms with Crippen molar-refractivity contribution in [3.05, 3.63) is 0 Å². The van der Waals surface area contributed by atoms with Crippen molar-refractivity contribution in [1.82, 2.24) is 10.2 Å². The van der Waals surface area contributed by atoms with E-state index in [1.54, 1.807) is 0 Å². The van der Waals surface area contributed by atoms with Crippen LogP contribution in [0.5, 0.6) is 0 Å². The molecule has 1 aliphatic heterocycles. The monoisotopic (exact) mass is 171 g/mol.